The van der Waals surface area contributed by atoms with E-state index in [1.807, 2.05) is 32.0 Å². The van der Waals surface area contributed by atoms with Gasteiger partial charge in [0, 0.05) is 18.1 Å². The number of amides is 1. The maximum absolute atomic E-state index is 13.1. The summed E-state index contributed by atoms with van der Waals surface area (Å²) in [6.07, 6.45) is 0. The van der Waals surface area contributed by atoms with Crippen LogP contribution in [0.5, 0.6) is 11.5 Å². The molecule has 2 heterocycles. The zero-order valence-electron chi connectivity index (χ0n) is 18.1. The third-order valence-electron chi connectivity index (χ3n) is 4.98. The van der Waals surface area contributed by atoms with E-state index in [4.69, 9.17) is 21.1 Å². The van der Waals surface area contributed by atoms with Crippen molar-refractivity contribution >= 4 is 40.2 Å². The smallest absolute Gasteiger partial charge is 0.262 e. The Kier molecular flexibility index (Phi) is 6.62. The van der Waals surface area contributed by atoms with Crippen molar-refractivity contribution in [3.05, 3.63) is 57.3 Å². The van der Waals surface area contributed by atoms with Crippen molar-refractivity contribution in [1.29, 1.82) is 0 Å². The molecule has 9 heteroatoms. The van der Waals surface area contributed by atoms with E-state index in [-0.39, 0.29) is 24.2 Å². The van der Waals surface area contributed by atoms with E-state index in [2.05, 4.69) is 10.3 Å². The fourth-order valence-corrected chi connectivity index (χ4v) is 4.50. The number of fused-ring (bicyclic) bond motifs is 2. The highest BCUT2D eigenvalue weighted by Crippen LogP contribution is 2.32. The Hall–Kier alpha value is -2.71. The van der Waals surface area contributed by atoms with E-state index >= 15 is 0 Å². The number of rotatable bonds is 7. The number of hydrogen-bond donors (Lipinski definition) is 1. The van der Waals surface area contributed by atoms with E-state index in [0.29, 0.717) is 45.7 Å². The molecule has 1 aromatic heterocycles. The fraction of sp³-hybridized carbons (Fsp3) is 0.348. The lowest BCUT2D eigenvalue weighted by Crippen LogP contribution is -2.32. The van der Waals surface area contributed by atoms with Crippen molar-refractivity contribution in [3.63, 3.8) is 0 Å². The first kappa shape index (κ1) is 22.5. The summed E-state index contributed by atoms with van der Waals surface area (Å²) in [5.41, 5.74) is 1.33. The standard InChI is InChI=1S/C23H24ClN3O4S/c1-13(2)11-27-22(29)17-9-16(24)5-6-18(17)26-23(27)32-14(3)21(28)25-10-15-4-7-19-20(8-15)31-12-30-19/h4-9,13-14H,10-12H2,1-3H3,(H,25,28). The number of benzene rings is 2. The molecule has 4 rings (SSSR count). The monoisotopic (exact) mass is 473 g/mol. The lowest BCUT2D eigenvalue weighted by atomic mass is 10.2. The summed E-state index contributed by atoms with van der Waals surface area (Å²) in [6, 6.07) is 10.7. The van der Waals surface area contributed by atoms with Crippen LogP contribution in [0.1, 0.15) is 26.3 Å². The lowest BCUT2D eigenvalue weighted by Gasteiger charge is -2.17. The number of halogens is 1. The number of thioether (sulfide) groups is 1. The van der Waals surface area contributed by atoms with Crippen LogP contribution in [0.15, 0.2) is 46.3 Å². The number of carbonyl (C=O) groups is 1. The molecule has 1 atom stereocenters. The summed E-state index contributed by atoms with van der Waals surface area (Å²) >= 11 is 7.35. The highest BCUT2D eigenvalue weighted by atomic mass is 35.5. The number of hydrogen-bond acceptors (Lipinski definition) is 6. The maximum atomic E-state index is 13.1. The number of carbonyl (C=O) groups excluding carboxylic acids is 1. The van der Waals surface area contributed by atoms with Crippen LogP contribution in [0.25, 0.3) is 10.9 Å². The van der Waals surface area contributed by atoms with Crippen LogP contribution in [0.2, 0.25) is 5.02 Å². The first-order valence-corrected chi connectivity index (χ1v) is 11.6. The van der Waals surface area contributed by atoms with Crippen LogP contribution >= 0.6 is 23.4 Å². The van der Waals surface area contributed by atoms with Gasteiger partial charge in [0.05, 0.1) is 16.2 Å². The first-order valence-electron chi connectivity index (χ1n) is 10.3. The molecule has 0 radical (unpaired) electrons. The molecule has 32 heavy (non-hydrogen) atoms. The van der Waals surface area contributed by atoms with Gasteiger partial charge < -0.3 is 14.8 Å². The van der Waals surface area contributed by atoms with E-state index in [1.165, 1.54) is 11.8 Å². The molecule has 168 valence electrons. The van der Waals surface area contributed by atoms with E-state index in [9.17, 15) is 9.59 Å². The van der Waals surface area contributed by atoms with Gasteiger partial charge in [-0.05, 0) is 48.7 Å². The van der Waals surface area contributed by atoms with Gasteiger partial charge in [-0.3, -0.25) is 14.2 Å². The minimum atomic E-state index is -0.445. The molecule has 0 saturated heterocycles. The molecular weight excluding hydrogens is 450 g/mol. The van der Waals surface area contributed by atoms with Gasteiger partial charge in [-0.15, -0.1) is 0 Å². The van der Waals surface area contributed by atoms with Crippen molar-refractivity contribution in [2.45, 2.75) is 44.3 Å². The second kappa shape index (κ2) is 9.42. The molecule has 1 unspecified atom stereocenters. The average Bonchev–Trinajstić information content (AvgIpc) is 3.23. The zero-order valence-corrected chi connectivity index (χ0v) is 19.6. The Balaban J connectivity index is 1.51. The van der Waals surface area contributed by atoms with Crippen molar-refractivity contribution in [2.75, 3.05) is 6.79 Å². The Bertz CT molecular complexity index is 1230. The summed E-state index contributed by atoms with van der Waals surface area (Å²) in [7, 11) is 0. The summed E-state index contributed by atoms with van der Waals surface area (Å²) < 4.78 is 12.3. The predicted molar refractivity (Wildman–Crippen MR) is 126 cm³/mol. The van der Waals surface area contributed by atoms with Crippen LogP contribution in [-0.2, 0) is 17.9 Å². The van der Waals surface area contributed by atoms with Crippen LogP contribution in [0, 0.1) is 5.92 Å². The number of nitrogens with one attached hydrogen (secondary N) is 1. The van der Waals surface area contributed by atoms with Crippen molar-refractivity contribution in [3.8, 4) is 11.5 Å². The largest absolute Gasteiger partial charge is 0.454 e. The molecule has 0 spiro atoms. The van der Waals surface area contributed by atoms with Gasteiger partial charge in [0.1, 0.15) is 0 Å². The molecule has 1 aliphatic rings. The molecule has 7 nitrogen and oxygen atoms in total. The third-order valence-corrected chi connectivity index (χ3v) is 6.31. The molecule has 0 aliphatic carbocycles. The van der Waals surface area contributed by atoms with E-state index in [1.54, 1.807) is 29.7 Å². The van der Waals surface area contributed by atoms with Gasteiger partial charge in [0.15, 0.2) is 16.7 Å². The van der Waals surface area contributed by atoms with Gasteiger partial charge in [-0.25, -0.2) is 4.98 Å². The predicted octanol–water partition coefficient (Wildman–Crippen LogP) is 4.23. The molecule has 2 aromatic carbocycles. The topological polar surface area (TPSA) is 82.5 Å². The number of nitrogens with zero attached hydrogens (tertiary/aromatic N) is 2. The number of ether oxygens (including phenoxy) is 2. The summed E-state index contributed by atoms with van der Waals surface area (Å²) in [4.78, 5) is 30.5. The molecule has 1 N–H and O–H groups in total. The van der Waals surface area contributed by atoms with Crippen LogP contribution in [-0.4, -0.2) is 27.5 Å². The van der Waals surface area contributed by atoms with Crippen molar-refractivity contribution in [1.82, 2.24) is 14.9 Å². The zero-order chi connectivity index (χ0) is 22.8. The Morgan fingerprint density at radius 2 is 1.97 bits per heavy atom. The van der Waals surface area contributed by atoms with Crippen LogP contribution in [0.4, 0.5) is 0 Å². The number of aromatic nitrogens is 2. The highest BCUT2D eigenvalue weighted by molar-refractivity contribution is 8.00. The Labute approximate surface area is 195 Å². The molecule has 0 saturated carbocycles. The highest BCUT2D eigenvalue weighted by Gasteiger charge is 2.20. The summed E-state index contributed by atoms with van der Waals surface area (Å²) in [6.45, 7) is 6.94. The van der Waals surface area contributed by atoms with Crippen LogP contribution < -0.4 is 20.3 Å². The lowest BCUT2D eigenvalue weighted by molar-refractivity contribution is -0.120. The minimum Gasteiger partial charge on any atom is -0.454 e. The van der Waals surface area contributed by atoms with Crippen LogP contribution in [0.3, 0.4) is 0 Å². The fourth-order valence-electron chi connectivity index (χ4n) is 3.38. The van der Waals surface area contributed by atoms with E-state index in [0.717, 1.165) is 5.56 Å². The minimum absolute atomic E-state index is 0.144. The van der Waals surface area contributed by atoms with Gasteiger partial charge in [-0.2, -0.15) is 0 Å². The molecule has 1 aliphatic heterocycles. The molecule has 3 aromatic rings. The molecule has 0 bridgehead atoms. The Morgan fingerprint density at radius 3 is 2.75 bits per heavy atom. The second-order valence-corrected chi connectivity index (χ2v) is 9.78. The molecular formula is C23H24ClN3O4S. The quantitative estimate of drug-likeness (QED) is 0.408. The van der Waals surface area contributed by atoms with Gasteiger partial charge >= 0.3 is 0 Å². The van der Waals surface area contributed by atoms with Crippen molar-refractivity contribution in [2.24, 2.45) is 5.92 Å². The summed E-state index contributed by atoms with van der Waals surface area (Å²) in [5, 5.41) is 3.98. The van der Waals surface area contributed by atoms with Gasteiger partial charge in [0.2, 0.25) is 12.7 Å². The summed E-state index contributed by atoms with van der Waals surface area (Å²) in [5.74, 6) is 1.47. The Morgan fingerprint density at radius 1 is 1.19 bits per heavy atom. The normalized spacial score (nSPS) is 13.5. The van der Waals surface area contributed by atoms with E-state index < -0.39 is 5.25 Å². The van der Waals surface area contributed by atoms with Gasteiger partial charge in [-0.1, -0.05) is 43.3 Å². The van der Waals surface area contributed by atoms with Crippen molar-refractivity contribution < 1.29 is 14.3 Å². The second-order valence-electron chi connectivity index (χ2n) is 8.03. The average molecular weight is 474 g/mol. The third kappa shape index (κ3) is 4.86. The first-order chi connectivity index (χ1) is 15.3. The maximum Gasteiger partial charge on any atom is 0.262 e. The SMILES string of the molecule is CC(C)Cn1c(SC(C)C(=O)NCc2ccc3c(c2)OCO3)nc2ccc(Cl)cc2c1=O. The van der Waals surface area contributed by atoms with Gasteiger partial charge in [0.25, 0.3) is 5.56 Å². The molecule has 0 fully saturated rings. The molecule has 1 amide bonds.